The van der Waals surface area contributed by atoms with Crippen LogP contribution in [-0.4, -0.2) is 17.5 Å². The minimum absolute atomic E-state index is 0.0857. The Bertz CT molecular complexity index is 659. The molecule has 1 unspecified atom stereocenters. The molecule has 4 heteroatoms. The number of benzene rings is 2. The van der Waals surface area contributed by atoms with Gasteiger partial charge >= 0.3 is 6.09 Å². The highest BCUT2D eigenvalue weighted by atomic mass is 79.9. The molecule has 0 spiro atoms. The number of halogens is 1. The lowest BCUT2D eigenvalue weighted by Gasteiger charge is -2.35. The topological polar surface area (TPSA) is 29.5 Å². The molecule has 1 saturated heterocycles. The van der Waals surface area contributed by atoms with Gasteiger partial charge in [0, 0.05) is 11.0 Å². The fourth-order valence-electron chi connectivity index (χ4n) is 3.02. The zero-order chi connectivity index (χ0) is 16.1. The molecule has 2 aromatic rings. The van der Waals surface area contributed by atoms with Gasteiger partial charge in [-0.3, -0.25) is 0 Å². The summed E-state index contributed by atoms with van der Waals surface area (Å²) in [7, 11) is 0. The van der Waals surface area contributed by atoms with Crippen LogP contribution >= 0.6 is 15.9 Å². The van der Waals surface area contributed by atoms with Crippen molar-refractivity contribution in [3.63, 3.8) is 0 Å². The molecule has 0 aromatic heterocycles. The van der Waals surface area contributed by atoms with Crippen LogP contribution in [0.4, 0.5) is 4.79 Å². The Morgan fingerprint density at radius 1 is 1.09 bits per heavy atom. The fourth-order valence-corrected chi connectivity index (χ4v) is 3.57. The SMILES string of the molecule is O=C(OCc1ccccc1)N1CCCCC1c1ccccc1Br. The smallest absolute Gasteiger partial charge is 0.410 e. The van der Waals surface area contributed by atoms with E-state index in [0.717, 1.165) is 41.4 Å². The van der Waals surface area contributed by atoms with Crippen LogP contribution in [0, 0.1) is 0 Å². The second-order valence-electron chi connectivity index (χ2n) is 5.77. The third-order valence-electron chi connectivity index (χ3n) is 4.21. The van der Waals surface area contributed by atoms with E-state index in [1.807, 2.05) is 53.4 Å². The van der Waals surface area contributed by atoms with Gasteiger partial charge in [-0.2, -0.15) is 0 Å². The lowest BCUT2D eigenvalue weighted by atomic mass is 9.96. The first-order chi connectivity index (χ1) is 11.3. The minimum Gasteiger partial charge on any atom is -0.445 e. The second-order valence-corrected chi connectivity index (χ2v) is 6.62. The molecular weight excluding hydrogens is 354 g/mol. The number of rotatable bonds is 3. The monoisotopic (exact) mass is 373 g/mol. The van der Waals surface area contributed by atoms with Crippen molar-refractivity contribution >= 4 is 22.0 Å². The van der Waals surface area contributed by atoms with Gasteiger partial charge in [0.25, 0.3) is 0 Å². The van der Waals surface area contributed by atoms with Crippen molar-refractivity contribution in [2.45, 2.75) is 31.9 Å². The minimum atomic E-state index is -0.227. The first kappa shape index (κ1) is 16.1. The van der Waals surface area contributed by atoms with Crippen molar-refractivity contribution in [1.29, 1.82) is 0 Å². The molecule has 1 aliphatic rings. The molecule has 0 N–H and O–H groups in total. The fraction of sp³-hybridized carbons (Fsp3) is 0.316. The maximum Gasteiger partial charge on any atom is 0.410 e. The van der Waals surface area contributed by atoms with Gasteiger partial charge in [-0.15, -0.1) is 0 Å². The molecule has 1 amide bonds. The van der Waals surface area contributed by atoms with Crippen molar-refractivity contribution < 1.29 is 9.53 Å². The Labute approximate surface area is 145 Å². The molecule has 0 aliphatic carbocycles. The van der Waals surface area contributed by atoms with Crippen LogP contribution in [-0.2, 0) is 11.3 Å². The number of likely N-dealkylation sites (tertiary alicyclic amines) is 1. The first-order valence-electron chi connectivity index (χ1n) is 7.97. The Morgan fingerprint density at radius 2 is 1.83 bits per heavy atom. The Balaban J connectivity index is 1.71. The Morgan fingerprint density at radius 3 is 2.61 bits per heavy atom. The summed E-state index contributed by atoms with van der Waals surface area (Å²) in [5.41, 5.74) is 2.17. The van der Waals surface area contributed by atoms with Gasteiger partial charge < -0.3 is 9.64 Å². The summed E-state index contributed by atoms with van der Waals surface area (Å²) >= 11 is 3.61. The molecule has 0 bridgehead atoms. The summed E-state index contributed by atoms with van der Waals surface area (Å²) in [6.45, 7) is 1.07. The van der Waals surface area contributed by atoms with E-state index in [1.54, 1.807) is 0 Å². The molecule has 0 radical (unpaired) electrons. The maximum atomic E-state index is 12.6. The maximum absolute atomic E-state index is 12.6. The van der Waals surface area contributed by atoms with Crippen LogP contribution in [0.2, 0.25) is 0 Å². The van der Waals surface area contributed by atoms with Gasteiger partial charge in [-0.25, -0.2) is 4.79 Å². The van der Waals surface area contributed by atoms with Gasteiger partial charge in [0.15, 0.2) is 0 Å². The number of hydrogen-bond donors (Lipinski definition) is 0. The average Bonchev–Trinajstić information content (AvgIpc) is 2.61. The van der Waals surface area contributed by atoms with Crippen LogP contribution in [0.5, 0.6) is 0 Å². The van der Waals surface area contributed by atoms with Crippen LogP contribution in [0.15, 0.2) is 59.1 Å². The van der Waals surface area contributed by atoms with Gasteiger partial charge in [0.2, 0.25) is 0 Å². The molecular formula is C19H20BrNO2. The summed E-state index contributed by atoms with van der Waals surface area (Å²) in [6.07, 6.45) is 2.91. The number of ether oxygens (including phenoxy) is 1. The molecule has 1 atom stereocenters. The molecule has 1 heterocycles. The highest BCUT2D eigenvalue weighted by Crippen LogP contribution is 2.35. The lowest BCUT2D eigenvalue weighted by Crippen LogP contribution is -2.38. The summed E-state index contributed by atoms with van der Waals surface area (Å²) in [5, 5.41) is 0. The van der Waals surface area contributed by atoms with E-state index < -0.39 is 0 Å². The molecule has 3 nitrogen and oxygen atoms in total. The van der Waals surface area contributed by atoms with Gasteiger partial charge in [-0.05, 0) is 36.5 Å². The normalized spacial score (nSPS) is 17.8. The van der Waals surface area contributed by atoms with E-state index in [1.165, 1.54) is 0 Å². The van der Waals surface area contributed by atoms with Crippen molar-refractivity contribution in [1.82, 2.24) is 4.90 Å². The average molecular weight is 374 g/mol. The predicted molar refractivity (Wildman–Crippen MR) is 94.1 cm³/mol. The number of hydrogen-bond acceptors (Lipinski definition) is 2. The van der Waals surface area contributed by atoms with Crippen molar-refractivity contribution in [2.24, 2.45) is 0 Å². The largest absolute Gasteiger partial charge is 0.445 e. The predicted octanol–water partition coefficient (Wildman–Crippen LogP) is 5.31. The zero-order valence-electron chi connectivity index (χ0n) is 13.0. The van der Waals surface area contributed by atoms with E-state index in [9.17, 15) is 4.79 Å². The van der Waals surface area contributed by atoms with E-state index in [2.05, 4.69) is 22.0 Å². The number of carbonyl (C=O) groups is 1. The van der Waals surface area contributed by atoms with E-state index in [0.29, 0.717) is 6.61 Å². The van der Waals surface area contributed by atoms with E-state index in [4.69, 9.17) is 4.74 Å². The Kier molecular flexibility index (Phi) is 5.34. The molecule has 0 saturated carbocycles. The third kappa shape index (κ3) is 3.94. The first-order valence-corrected chi connectivity index (χ1v) is 8.77. The van der Waals surface area contributed by atoms with Crippen molar-refractivity contribution in [3.8, 4) is 0 Å². The van der Waals surface area contributed by atoms with Crippen molar-refractivity contribution in [3.05, 3.63) is 70.2 Å². The Hall–Kier alpha value is -1.81. The number of piperidine rings is 1. The standard InChI is InChI=1S/C19H20BrNO2/c20-17-11-5-4-10-16(17)18-12-6-7-13-21(18)19(22)23-14-15-8-2-1-3-9-15/h1-5,8-11,18H,6-7,12-14H2. The van der Waals surface area contributed by atoms with Crippen molar-refractivity contribution in [2.75, 3.05) is 6.54 Å². The van der Waals surface area contributed by atoms with Gasteiger partial charge in [0.05, 0.1) is 6.04 Å². The lowest BCUT2D eigenvalue weighted by molar-refractivity contribution is 0.0677. The summed E-state index contributed by atoms with van der Waals surface area (Å²) in [6, 6.07) is 18.0. The van der Waals surface area contributed by atoms with E-state index in [-0.39, 0.29) is 12.1 Å². The third-order valence-corrected chi connectivity index (χ3v) is 4.93. The zero-order valence-corrected chi connectivity index (χ0v) is 14.5. The summed E-state index contributed by atoms with van der Waals surface area (Å²) in [4.78, 5) is 14.4. The second kappa shape index (κ2) is 7.64. The van der Waals surface area contributed by atoms with Crippen LogP contribution in [0.3, 0.4) is 0 Å². The molecule has 2 aromatic carbocycles. The van der Waals surface area contributed by atoms with Crippen LogP contribution < -0.4 is 0 Å². The summed E-state index contributed by atoms with van der Waals surface area (Å²) < 4.78 is 6.58. The molecule has 1 fully saturated rings. The number of amides is 1. The van der Waals surface area contributed by atoms with Gasteiger partial charge in [-0.1, -0.05) is 64.5 Å². The summed E-state index contributed by atoms with van der Waals surface area (Å²) in [5.74, 6) is 0. The van der Waals surface area contributed by atoms with Crippen LogP contribution in [0.1, 0.15) is 36.4 Å². The quantitative estimate of drug-likeness (QED) is 0.728. The van der Waals surface area contributed by atoms with E-state index >= 15 is 0 Å². The molecule has 120 valence electrons. The van der Waals surface area contributed by atoms with Gasteiger partial charge in [0.1, 0.15) is 6.61 Å². The highest BCUT2D eigenvalue weighted by Gasteiger charge is 2.30. The number of nitrogens with zero attached hydrogens (tertiary/aromatic N) is 1. The molecule has 1 aliphatic heterocycles. The molecule has 23 heavy (non-hydrogen) atoms. The number of carbonyl (C=O) groups excluding carboxylic acids is 1. The highest BCUT2D eigenvalue weighted by molar-refractivity contribution is 9.10. The molecule has 3 rings (SSSR count). The van der Waals surface area contributed by atoms with Crippen LogP contribution in [0.25, 0.3) is 0 Å².